The molecule has 1 aromatic carbocycles. The van der Waals surface area contributed by atoms with Crippen LogP contribution < -0.4 is 5.32 Å². The van der Waals surface area contributed by atoms with Crippen LogP contribution in [0.3, 0.4) is 0 Å². The first-order valence-electron chi connectivity index (χ1n) is 5.20. The van der Waals surface area contributed by atoms with E-state index in [2.05, 4.69) is 26.2 Å². The average molecular weight is 306 g/mol. The second-order valence-electron chi connectivity index (χ2n) is 3.66. The summed E-state index contributed by atoms with van der Waals surface area (Å²) < 4.78 is 14.1. The molecular formula is C13H9BrFN3. The summed E-state index contributed by atoms with van der Waals surface area (Å²) in [6.45, 7) is 1.83. The maximum absolute atomic E-state index is 14.0. The van der Waals surface area contributed by atoms with Crippen molar-refractivity contribution in [1.29, 1.82) is 5.26 Å². The molecule has 0 aliphatic rings. The molecule has 0 saturated heterocycles. The smallest absolute Gasteiger partial charge is 0.162 e. The van der Waals surface area contributed by atoms with Crippen LogP contribution in [0, 0.1) is 24.1 Å². The number of hydrogen-bond acceptors (Lipinski definition) is 3. The first-order chi connectivity index (χ1) is 8.63. The van der Waals surface area contributed by atoms with Gasteiger partial charge in [0.1, 0.15) is 6.07 Å². The van der Waals surface area contributed by atoms with Gasteiger partial charge in [0, 0.05) is 6.20 Å². The van der Waals surface area contributed by atoms with Crippen LogP contribution in [0.2, 0.25) is 0 Å². The molecule has 0 unspecified atom stereocenters. The zero-order chi connectivity index (χ0) is 13.1. The number of anilines is 2. The van der Waals surface area contributed by atoms with Gasteiger partial charge in [-0.15, -0.1) is 0 Å². The molecule has 3 nitrogen and oxygen atoms in total. The van der Waals surface area contributed by atoms with Crippen LogP contribution in [-0.2, 0) is 0 Å². The van der Waals surface area contributed by atoms with Gasteiger partial charge < -0.3 is 5.32 Å². The highest BCUT2D eigenvalue weighted by Crippen LogP contribution is 2.29. The average Bonchev–Trinajstić information content (AvgIpc) is 2.38. The van der Waals surface area contributed by atoms with Gasteiger partial charge >= 0.3 is 0 Å². The lowest BCUT2D eigenvalue weighted by molar-refractivity contribution is 0.624. The van der Waals surface area contributed by atoms with E-state index >= 15 is 0 Å². The third kappa shape index (κ3) is 2.34. The SMILES string of the molecule is Cc1ncccc1Nc1ccc(C#N)c(Br)c1F. The molecule has 1 aromatic heterocycles. The van der Waals surface area contributed by atoms with Crippen LogP contribution in [0.5, 0.6) is 0 Å². The van der Waals surface area contributed by atoms with Crippen molar-refractivity contribution in [1.82, 2.24) is 4.98 Å². The summed E-state index contributed by atoms with van der Waals surface area (Å²) in [5.74, 6) is -0.489. The van der Waals surface area contributed by atoms with Gasteiger partial charge in [0.15, 0.2) is 5.82 Å². The summed E-state index contributed by atoms with van der Waals surface area (Å²) in [6, 6.07) is 8.58. The lowest BCUT2D eigenvalue weighted by Gasteiger charge is -2.10. The Labute approximate surface area is 112 Å². The molecule has 1 heterocycles. The lowest BCUT2D eigenvalue weighted by Crippen LogP contribution is -1.98. The molecular weight excluding hydrogens is 297 g/mol. The number of pyridine rings is 1. The first kappa shape index (κ1) is 12.5. The van der Waals surface area contributed by atoms with Crippen LogP contribution in [0.1, 0.15) is 11.3 Å². The van der Waals surface area contributed by atoms with E-state index in [1.165, 1.54) is 6.07 Å². The van der Waals surface area contributed by atoms with E-state index in [1.807, 2.05) is 19.1 Å². The van der Waals surface area contributed by atoms with Crippen molar-refractivity contribution < 1.29 is 4.39 Å². The van der Waals surface area contributed by atoms with Crippen molar-refractivity contribution in [2.75, 3.05) is 5.32 Å². The molecule has 18 heavy (non-hydrogen) atoms. The highest BCUT2D eigenvalue weighted by atomic mass is 79.9. The van der Waals surface area contributed by atoms with Crippen molar-refractivity contribution in [3.63, 3.8) is 0 Å². The third-order valence-electron chi connectivity index (χ3n) is 2.48. The van der Waals surface area contributed by atoms with E-state index in [0.29, 0.717) is 5.69 Å². The summed E-state index contributed by atoms with van der Waals surface area (Å²) in [4.78, 5) is 4.11. The molecule has 0 spiro atoms. The van der Waals surface area contributed by atoms with Crippen LogP contribution in [0.4, 0.5) is 15.8 Å². The minimum atomic E-state index is -0.489. The molecule has 90 valence electrons. The number of nitrogens with one attached hydrogen (secondary N) is 1. The minimum absolute atomic E-state index is 0.163. The lowest BCUT2D eigenvalue weighted by atomic mass is 10.2. The van der Waals surface area contributed by atoms with Crippen molar-refractivity contribution >= 4 is 27.3 Å². The van der Waals surface area contributed by atoms with Gasteiger partial charge in [0.2, 0.25) is 0 Å². The molecule has 0 saturated carbocycles. The molecule has 0 atom stereocenters. The number of aromatic nitrogens is 1. The Morgan fingerprint density at radius 2 is 2.11 bits per heavy atom. The van der Waals surface area contributed by atoms with Crippen molar-refractivity contribution in [3.05, 3.63) is 52.0 Å². The summed E-state index contributed by atoms with van der Waals surface area (Å²) in [6.07, 6.45) is 1.67. The molecule has 0 amide bonds. The fourth-order valence-corrected chi connectivity index (χ4v) is 1.93. The van der Waals surface area contributed by atoms with Gasteiger partial charge in [0.25, 0.3) is 0 Å². The quantitative estimate of drug-likeness (QED) is 0.915. The highest BCUT2D eigenvalue weighted by Gasteiger charge is 2.11. The highest BCUT2D eigenvalue weighted by molar-refractivity contribution is 9.10. The van der Waals surface area contributed by atoms with Crippen LogP contribution in [-0.4, -0.2) is 4.98 Å². The van der Waals surface area contributed by atoms with Gasteiger partial charge in [-0.3, -0.25) is 4.98 Å². The van der Waals surface area contributed by atoms with E-state index in [1.54, 1.807) is 18.3 Å². The molecule has 0 aliphatic carbocycles. The van der Waals surface area contributed by atoms with E-state index in [9.17, 15) is 4.39 Å². The topological polar surface area (TPSA) is 48.7 Å². The van der Waals surface area contributed by atoms with Gasteiger partial charge in [-0.25, -0.2) is 4.39 Å². The van der Waals surface area contributed by atoms with E-state index in [0.717, 1.165) is 11.4 Å². The Hall–Kier alpha value is -1.93. The van der Waals surface area contributed by atoms with E-state index in [4.69, 9.17) is 5.26 Å². The number of hydrogen-bond donors (Lipinski definition) is 1. The predicted molar refractivity (Wildman–Crippen MR) is 71.1 cm³/mol. The molecule has 0 aliphatic heterocycles. The van der Waals surface area contributed by atoms with Gasteiger partial charge in [-0.2, -0.15) is 5.26 Å². The molecule has 1 N–H and O–H groups in total. The largest absolute Gasteiger partial charge is 0.352 e. The number of rotatable bonds is 2. The number of aryl methyl sites for hydroxylation is 1. The zero-order valence-corrected chi connectivity index (χ0v) is 11.1. The maximum Gasteiger partial charge on any atom is 0.162 e. The second kappa shape index (κ2) is 5.15. The Kier molecular flexibility index (Phi) is 3.58. The fourth-order valence-electron chi connectivity index (χ4n) is 1.49. The predicted octanol–water partition coefficient (Wildman–Crippen LogP) is 3.91. The summed E-state index contributed by atoms with van der Waals surface area (Å²) in [7, 11) is 0. The normalized spacial score (nSPS) is 9.89. The number of nitriles is 1. The molecule has 2 rings (SSSR count). The Balaban J connectivity index is 2.40. The van der Waals surface area contributed by atoms with Gasteiger partial charge in [-0.05, 0) is 47.1 Å². The van der Waals surface area contributed by atoms with Crippen molar-refractivity contribution in [2.24, 2.45) is 0 Å². The summed E-state index contributed by atoms with van der Waals surface area (Å²) in [5.41, 5.74) is 2.07. The summed E-state index contributed by atoms with van der Waals surface area (Å²) in [5, 5.41) is 11.7. The Morgan fingerprint density at radius 3 is 2.78 bits per heavy atom. The van der Waals surface area contributed by atoms with Crippen LogP contribution >= 0.6 is 15.9 Å². The fraction of sp³-hybridized carbons (Fsp3) is 0.0769. The molecule has 5 heteroatoms. The van der Waals surface area contributed by atoms with Crippen LogP contribution in [0.15, 0.2) is 34.9 Å². The molecule has 2 aromatic rings. The first-order valence-corrected chi connectivity index (χ1v) is 5.99. The Bertz CT molecular complexity index is 635. The number of nitrogens with zero attached hydrogens (tertiary/aromatic N) is 2. The van der Waals surface area contributed by atoms with Gasteiger partial charge in [-0.1, -0.05) is 0 Å². The van der Waals surface area contributed by atoms with E-state index < -0.39 is 5.82 Å². The molecule has 0 radical (unpaired) electrons. The number of halogens is 2. The monoisotopic (exact) mass is 305 g/mol. The van der Waals surface area contributed by atoms with Crippen molar-refractivity contribution in [2.45, 2.75) is 6.92 Å². The standard InChI is InChI=1S/C13H9BrFN3/c1-8-10(3-2-6-17-8)18-11-5-4-9(7-16)12(14)13(11)15/h2-6,18H,1H3. The minimum Gasteiger partial charge on any atom is -0.352 e. The second-order valence-corrected chi connectivity index (χ2v) is 4.45. The third-order valence-corrected chi connectivity index (χ3v) is 3.25. The van der Waals surface area contributed by atoms with Gasteiger partial charge in [0.05, 0.1) is 27.1 Å². The number of benzene rings is 1. The zero-order valence-electron chi connectivity index (χ0n) is 9.54. The maximum atomic E-state index is 14.0. The van der Waals surface area contributed by atoms with E-state index in [-0.39, 0.29) is 10.0 Å². The van der Waals surface area contributed by atoms with Crippen molar-refractivity contribution in [3.8, 4) is 6.07 Å². The molecule has 0 bridgehead atoms. The van der Waals surface area contributed by atoms with Crippen LogP contribution in [0.25, 0.3) is 0 Å². The Morgan fingerprint density at radius 1 is 1.33 bits per heavy atom. The summed E-state index contributed by atoms with van der Waals surface area (Å²) >= 11 is 3.07. The molecule has 0 fully saturated rings.